The molecule has 0 spiro atoms. The Morgan fingerprint density at radius 3 is 2.50 bits per heavy atom. The van der Waals surface area contributed by atoms with Crippen LogP contribution >= 0.6 is 0 Å². The highest BCUT2D eigenvalue weighted by Gasteiger charge is 2.14. The van der Waals surface area contributed by atoms with E-state index in [2.05, 4.69) is 0 Å². The first kappa shape index (κ1) is 12.2. The van der Waals surface area contributed by atoms with E-state index in [-0.39, 0.29) is 6.10 Å². The van der Waals surface area contributed by atoms with Gasteiger partial charge in [-0.15, -0.1) is 0 Å². The van der Waals surface area contributed by atoms with Crippen molar-refractivity contribution in [2.24, 2.45) is 11.5 Å². The van der Waals surface area contributed by atoms with Gasteiger partial charge in [0.1, 0.15) is 11.5 Å². The van der Waals surface area contributed by atoms with Gasteiger partial charge in [0.15, 0.2) is 6.10 Å². The van der Waals surface area contributed by atoms with Gasteiger partial charge in [0.25, 0.3) is 0 Å². The van der Waals surface area contributed by atoms with Crippen molar-refractivity contribution in [1.82, 2.24) is 0 Å². The van der Waals surface area contributed by atoms with Crippen molar-refractivity contribution < 1.29 is 13.9 Å². The van der Waals surface area contributed by atoms with E-state index in [1.165, 1.54) is 0 Å². The lowest BCUT2D eigenvalue weighted by Crippen LogP contribution is -2.18. The number of amides is 1. The van der Waals surface area contributed by atoms with Crippen LogP contribution in [0.1, 0.15) is 22.2 Å². The van der Waals surface area contributed by atoms with Crippen molar-refractivity contribution in [3.05, 3.63) is 54.0 Å². The second-order valence-corrected chi connectivity index (χ2v) is 3.75. The molecule has 0 bridgehead atoms. The minimum Gasteiger partial charge on any atom is -0.481 e. The number of ether oxygens (including phenoxy) is 1. The number of nitrogens with two attached hydrogens (primary N) is 2. The van der Waals surface area contributed by atoms with E-state index in [0.29, 0.717) is 23.6 Å². The molecule has 0 aliphatic rings. The van der Waals surface area contributed by atoms with E-state index >= 15 is 0 Å². The molecular formula is C13H14N2O3. The van der Waals surface area contributed by atoms with Crippen LogP contribution in [-0.4, -0.2) is 12.5 Å². The number of rotatable bonds is 5. The lowest BCUT2D eigenvalue weighted by molar-refractivity contribution is 0.1000. The molecule has 1 atom stereocenters. The van der Waals surface area contributed by atoms with E-state index in [4.69, 9.17) is 20.6 Å². The summed E-state index contributed by atoms with van der Waals surface area (Å²) in [6, 6.07) is 10.1. The molecule has 0 saturated heterocycles. The van der Waals surface area contributed by atoms with Gasteiger partial charge in [-0.2, -0.15) is 0 Å². The summed E-state index contributed by atoms with van der Waals surface area (Å²) in [5.41, 5.74) is 11.2. The number of carbonyl (C=O) groups excluding carboxylic acids is 1. The first-order valence-corrected chi connectivity index (χ1v) is 5.50. The van der Waals surface area contributed by atoms with E-state index in [1.54, 1.807) is 42.7 Å². The zero-order valence-corrected chi connectivity index (χ0v) is 9.71. The summed E-state index contributed by atoms with van der Waals surface area (Å²) >= 11 is 0. The highest BCUT2D eigenvalue weighted by Crippen LogP contribution is 2.21. The average molecular weight is 246 g/mol. The lowest BCUT2D eigenvalue weighted by atomic mass is 10.2. The smallest absolute Gasteiger partial charge is 0.248 e. The number of hydrogen-bond donors (Lipinski definition) is 2. The first-order chi connectivity index (χ1) is 8.70. The van der Waals surface area contributed by atoms with Gasteiger partial charge in [0.2, 0.25) is 5.91 Å². The minimum absolute atomic E-state index is 0.297. The molecule has 0 aliphatic carbocycles. The number of primary amides is 1. The Bertz CT molecular complexity index is 506. The third-order valence-corrected chi connectivity index (χ3v) is 2.49. The molecule has 1 heterocycles. The molecule has 1 aromatic carbocycles. The average Bonchev–Trinajstić information content (AvgIpc) is 2.90. The van der Waals surface area contributed by atoms with Crippen LogP contribution in [-0.2, 0) is 0 Å². The maximum atomic E-state index is 10.9. The van der Waals surface area contributed by atoms with Crippen molar-refractivity contribution >= 4 is 5.91 Å². The number of carbonyl (C=O) groups is 1. The summed E-state index contributed by atoms with van der Waals surface area (Å²) in [5.74, 6) is 0.797. The fourth-order valence-corrected chi connectivity index (χ4v) is 1.56. The van der Waals surface area contributed by atoms with Crippen LogP contribution in [0.2, 0.25) is 0 Å². The van der Waals surface area contributed by atoms with Crippen LogP contribution in [0.4, 0.5) is 0 Å². The maximum absolute atomic E-state index is 10.9. The van der Waals surface area contributed by atoms with Crippen molar-refractivity contribution in [1.29, 1.82) is 0 Å². The van der Waals surface area contributed by atoms with Gasteiger partial charge in [-0.25, -0.2) is 0 Å². The summed E-state index contributed by atoms with van der Waals surface area (Å²) in [6.07, 6.45) is 1.22. The number of hydrogen-bond acceptors (Lipinski definition) is 4. The van der Waals surface area contributed by atoms with Crippen LogP contribution in [0, 0.1) is 0 Å². The normalized spacial score (nSPS) is 12.1. The summed E-state index contributed by atoms with van der Waals surface area (Å²) in [7, 11) is 0. The highest BCUT2D eigenvalue weighted by molar-refractivity contribution is 5.92. The van der Waals surface area contributed by atoms with Gasteiger partial charge in [-0.05, 0) is 36.4 Å². The monoisotopic (exact) mass is 246 g/mol. The Kier molecular flexibility index (Phi) is 3.64. The zero-order valence-electron chi connectivity index (χ0n) is 9.71. The summed E-state index contributed by atoms with van der Waals surface area (Å²) in [5, 5.41) is 0. The second kappa shape index (κ2) is 5.37. The predicted molar refractivity (Wildman–Crippen MR) is 66.1 cm³/mol. The van der Waals surface area contributed by atoms with E-state index in [1.807, 2.05) is 0 Å². The Balaban J connectivity index is 2.10. The molecule has 1 amide bonds. The summed E-state index contributed by atoms with van der Waals surface area (Å²) in [4.78, 5) is 10.9. The number of benzene rings is 1. The van der Waals surface area contributed by atoms with Crippen molar-refractivity contribution in [2.45, 2.75) is 6.10 Å². The molecule has 4 N–H and O–H groups in total. The van der Waals surface area contributed by atoms with Crippen LogP contribution in [0.5, 0.6) is 5.75 Å². The standard InChI is InChI=1S/C13H14N2O3/c14-8-12(11-2-1-7-17-11)18-10-5-3-9(4-6-10)13(15)16/h1-7,12H,8,14H2,(H2,15,16). The molecule has 94 valence electrons. The molecule has 18 heavy (non-hydrogen) atoms. The van der Waals surface area contributed by atoms with E-state index < -0.39 is 5.91 Å². The Hall–Kier alpha value is -2.27. The van der Waals surface area contributed by atoms with Crippen LogP contribution in [0.3, 0.4) is 0 Å². The van der Waals surface area contributed by atoms with Gasteiger partial charge in [-0.3, -0.25) is 4.79 Å². The molecule has 2 rings (SSSR count). The molecule has 2 aromatic rings. The zero-order chi connectivity index (χ0) is 13.0. The predicted octanol–water partition coefficient (Wildman–Crippen LogP) is 1.46. The first-order valence-electron chi connectivity index (χ1n) is 5.50. The van der Waals surface area contributed by atoms with E-state index in [9.17, 15) is 4.79 Å². The number of furan rings is 1. The van der Waals surface area contributed by atoms with Crippen molar-refractivity contribution in [2.75, 3.05) is 6.54 Å². The molecule has 0 aliphatic heterocycles. The maximum Gasteiger partial charge on any atom is 0.248 e. The lowest BCUT2D eigenvalue weighted by Gasteiger charge is -2.15. The second-order valence-electron chi connectivity index (χ2n) is 3.75. The van der Waals surface area contributed by atoms with E-state index in [0.717, 1.165) is 0 Å². The third kappa shape index (κ3) is 2.70. The SMILES string of the molecule is NCC(Oc1ccc(C(N)=O)cc1)c1ccco1. The Labute approximate surface area is 104 Å². The van der Waals surface area contributed by atoms with Gasteiger partial charge in [0.05, 0.1) is 6.26 Å². The quantitative estimate of drug-likeness (QED) is 0.835. The van der Waals surface area contributed by atoms with Gasteiger partial charge < -0.3 is 20.6 Å². The van der Waals surface area contributed by atoms with Crippen molar-refractivity contribution in [3.8, 4) is 5.75 Å². The van der Waals surface area contributed by atoms with Gasteiger partial charge in [0, 0.05) is 12.1 Å². The largest absolute Gasteiger partial charge is 0.481 e. The van der Waals surface area contributed by atoms with Crippen LogP contribution < -0.4 is 16.2 Å². The molecule has 5 heteroatoms. The topological polar surface area (TPSA) is 91.5 Å². The molecule has 0 fully saturated rings. The summed E-state index contributed by atoms with van der Waals surface area (Å²) < 4.78 is 10.9. The van der Waals surface area contributed by atoms with Crippen molar-refractivity contribution in [3.63, 3.8) is 0 Å². The molecular weight excluding hydrogens is 232 g/mol. The van der Waals surface area contributed by atoms with Gasteiger partial charge in [-0.1, -0.05) is 0 Å². The molecule has 1 unspecified atom stereocenters. The molecule has 5 nitrogen and oxygen atoms in total. The molecule has 0 saturated carbocycles. The highest BCUT2D eigenvalue weighted by atomic mass is 16.5. The fraction of sp³-hybridized carbons (Fsp3) is 0.154. The van der Waals surface area contributed by atoms with Gasteiger partial charge >= 0.3 is 0 Å². The molecule has 1 aromatic heterocycles. The Morgan fingerprint density at radius 1 is 1.28 bits per heavy atom. The minimum atomic E-state index is -0.469. The van der Waals surface area contributed by atoms with Crippen LogP contribution in [0.15, 0.2) is 47.1 Å². The molecule has 0 radical (unpaired) electrons. The summed E-state index contributed by atoms with van der Waals surface area (Å²) in [6.45, 7) is 0.297. The van der Waals surface area contributed by atoms with Crippen LogP contribution in [0.25, 0.3) is 0 Å². The fourth-order valence-electron chi connectivity index (χ4n) is 1.56. The third-order valence-electron chi connectivity index (χ3n) is 2.49. The Morgan fingerprint density at radius 2 is 2.00 bits per heavy atom.